The van der Waals surface area contributed by atoms with Gasteiger partial charge >= 0.3 is 0 Å². The molecule has 0 amide bonds. The Morgan fingerprint density at radius 3 is 1.50 bits per heavy atom. The molecular weight excluding hydrogens is 290 g/mol. The van der Waals surface area contributed by atoms with Crippen molar-refractivity contribution in [1.29, 1.82) is 0 Å². The fourth-order valence-corrected chi connectivity index (χ4v) is 2.34. The Kier molecular flexibility index (Phi) is 5.02. The van der Waals surface area contributed by atoms with E-state index in [1.165, 1.54) is 22.3 Å². The van der Waals surface area contributed by atoms with E-state index in [4.69, 9.17) is 0 Å². The first kappa shape index (κ1) is 15.9. The van der Waals surface area contributed by atoms with E-state index in [1.54, 1.807) is 0 Å². The second kappa shape index (κ2) is 7.56. The Bertz CT molecular complexity index is 762. The first-order valence-electron chi connectivity index (χ1n) is 8.15. The lowest BCUT2D eigenvalue weighted by atomic mass is 10.1. The molecule has 0 N–H and O–H groups in total. The highest BCUT2D eigenvalue weighted by Gasteiger charge is 1.92. The predicted molar refractivity (Wildman–Crippen MR) is 104 cm³/mol. The second-order valence-electron chi connectivity index (χ2n) is 6.00. The maximum absolute atomic E-state index is 4.50. The van der Waals surface area contributed by atoms with Crippen LogP contribution >= 0.6 is 0 Å². The molecule has 3 rings (SSSR count). The number of nitrogens with zero attached hydrogens (tertiary/aromatic N) is 1. The molecule has 0 atom stereocenters. The van der Waals surface area contributed by atoms with Crippen molar-refractivity contribution < 1.29 is 0 Å². The van der Waals surface area contributed by atoms with Crippen molar-refractivity contribution in [2.45, 2.75) is 13.8 Å². The van der Waals surface area contributed by atoms with Crippen LogP contribution in [-0.4, -0.2) is 4.98 Å². The van der Waals surface area contributed by atoms with Gasteiger partial charge in [-0.15, -0.1) is 0 Å². The van der Waals surface area contributed by atoms with E-state index in [9.17, 15) is 0 Å². The first-order chi connectivity index (χ1) is 11.7. The molecule has 24 heavy (non-hydrogen) atoms. The summed E-state index contributed by atoms with van der Waals surface area (Å²) in [5.74, 6) is 0. The minimum Gasteiger partial charge on any atom is -0.256 e. The van der Waals surface area contributed by atoms with Crippen molar-refractivity contribution in [2.24, 2.45) is 0 Å². The van der Waals surface area contributed by atoms with Gasteiger partial charge < -0.3 is 0 Å². The van der Waals surface area contributed by atoms with Gasteiger partial charge in [-0.25, -0.2) is 0 Å². The molecule has 0 saturated carbocycles. The maximum Gasteiger partial charge on any atom is 0.0630 e. The van der Waals surface area contributed by atoms with Crippen LogP contribution in [0.15, 0.2) is 66.9 Å². The Balaban J connectivity index is 1.66. The first-order valence-corrected chi connectivity index (χ1v) is 8.15. The van der Waals surface area contributed by atoms with Gasteiger partial charge in [-0.2, -0.15) is 0 Å². The quantitative estimate of drug-likeness (QED) is 0.572. The summed E-state index contributed by atoms with van der Waals surface area (Å²) in [6.45, 7) is 4.19. The van der Waals surface area contributed by atoms with Crippen molar-refractivity contribution >= 4 is 24.3 Å². The summed E-state index contributed by atoms with van der Waals surface area (Å²) in [6, 6.07) is 21.1. The molecule has 0 radical (unpaired) electrons. The summed E-state index contributed by atoms with van der Waals surface area (Å²) in [7, 11) is 0. The lowest BCUT2D eigenvalue weighted by molar-refractivity contribution is 1.29. The minimum atomic E-state index is 0.961. The largest absolute Gasteiger partial charge is 0.256 e. The van der Waals surface area contributed by atoms with Crippen LogP contribution in [0.5, 0.6) is 0 Å². The fourth-order valence-electron chi connectivity index (χ4n) is 2.34. The number of aryl methyl sites for hydroxylation is 2. The van der Waals surface area contributed by atoms with Crippen molar-refractivity contribution in [1.82, 2.24) is 4.98 Å². The second-order valence-corrected chi connectivity index (χ2v) is 6.00. The minimum absolute atomic E-state index is 0.961. The number of hydrogen-bond donors (Lipinski definition) is 0. The molecule has 3 aromatic rings. The fraction of sp³-hybridized carbons (Fsp3) is 0.0870. The topological polar surface area (TPSA) is 12.9 Å². The van der Waals surface area contributed by atoms with E-state index in [1.807, 2.05) is 18.3 Å². The van der Waals surface area contributed by atoms with Crippen LogP contribution in [0, 0.1) is 13.8 Å². The molecule has 1 nitrogen and oxygen atoms in total. The summed E-state index contributed by atoms with van der Waals surface area (Å²) < 4.78 is 0. The van der Waals surface area contributed by atoms with E-state index in [2.05, 4.69) is 91.7 Å². The molecule has 0 aliphatic rings. The van der Waals surface area contributed by atoms with Gasteiger partial charge in [0.15, 0.2) is 0 Å². The maximum atomic E-state index is 4.50. The monoisotopic (exact) mass is 311 g/mol. The van der Waals surface area contributed by atoms with Crippen molar-refractivity contribution in [2.75, 3.05) is 0 Å². The van der Waals surface area contributed by atoms with Crippen LogP contribution in [0.4, 0.5) is 0 Å². The third kappa shape index (κ3) is 4.53. The third-order valence-electron chi connectivity index (χ3n) is 3.88. The average molecular weight is 311 g/mol. The predicted octanol–water partition coefficient (Wildman–Crippen LogP) is 6.04. The molecule has 118 valence electrons. The lowest BCUT2D eigenvalue weighted by Gasteiger charge is -1.98. The Morgan fingerprint density at radius 2 is 1.00 bits per heavy atom. The molecule has 1 heteroatoms. The van der Waals surface area contributed by atoms with Crippen molar-refractivity contribution in [3.05, 3.63) is 100 Å². The molecule has 2 aromatic carbocycles. The van der Waals surface area contributed by atoms with Crippen LogP contribution in [0.1, 0.15) is 33.5 Å². The third-order valence-corrected chi connectivity index (χ3v) is 3.88. The van der Waals surface area contributed by atoms with Gasteiger partial charge in [0.2, 0.25) is 0 Å². The molecular formula is C23H21N. The zero-order valence-corrected chi connectivity index (χ0v) is 14.1. The van der Waals surface area contributed by atoms with Crippen LogP contribution < -0.4 is 0 Å². The SMILES string of the molecule is Cc1ccc(/C=C/c2ccc(/C=C/c3ccc(C)cc3)nc2)cc1. The molecule has 0 fully saturated rings. The highest BCUT2D eigenvalue weighted by molar-refractivity contribution is 5.71. The summed E-state index contributed by atoms with van der Waals surface area (Å²) >= 11 is 0. The molecule has 0 aliphatic carbocycles. The van der Waals surface area contributed by atoms with Gasteiger partial charge in [0, 0.05) is 6.20 Å². The Hall–Kier alpha value is -2.93. The van der Waals surface area contributed by atoms with E-state index in [0.29, 0.717) is 0 Å². The van der Waals surface area contributed by atoms with Gasteiger partial charge in [0.05, 0.1) is 5.69 Å². The Morgan fingerprint density at radius 1 is 0.542 bits per heavy atom. The van der Waals surface area contributed by atoms with Gasteiger partial charge in [0.1, 0.15) is 0 Å². The molecule has 0 aliphatic heterocycles. The van der Waals surface area contributed by atoms with E-state index >= 15 is 0 Å². The molecule has 1 aromatic heterocycles. The molecule has 0 bridgehead atoms. The molecule has 0 unspecified atom stereocenters. The van der Waals surface area contributed by atoms with Crippen molar-refractivity contribution in [3.8, 4) is 0 Å². The van der Waals surface area contributed by atoms with Gasteiger partial charge in [-0.05, 0) is 42.7 Å². The Labute approximate surface area is 144 Å². The molecule has 0 saturated heterocycles. The van der Waals surface area contributed by atoms with E-state index < -0.39 is 0 Å². The number of benzene rings is 2. The highest BCUT2D eigenvalue weighted by Crippen LogP contribution is 2.11. The van der Waals surface area contributed by atoms with Crippen LogP contribution in [0.2, 0.25) is 0 Å². The number of pyridine rings is 1. The smallest absolute Gasteiger partial charge is 0.0630 e. The number of rotatable bonds is 4. The van der Waals surface area contributed by atoms with Gasteiger partial charge in [0.25, 0.3) is 0 Å². The summed E-state index contributed by atoms with van der Waals surface area (Å²) in [4.78, 5) is 4.50. The zero-order chi connectivity index (χ0) is 16.8. The van der Waals surface area contributed by atoms with Crippen LogP contribution in [0.3, 0.4) is 0 Å². The number of hydrogen-bond acceptors (Lipinski definition) is 1. The molecule has 0 spiro atoms. The summed E-state index contributed by atoms with van der Waals surface area (Å²) in [5.41, 5.74) is 6.99. The average Bonchev–Trinajstić information content (AvgIpc) is 2.62. The summed E-state index contributed by atoms with van der Waals surface area (Å²) in [6.07, 6.45) is 10.2. The summed E-state index contributed by atoms with van der Waals surface area (Å²) in [5, 5.41) is 0. The highest BCUT2D eigenvalue weighted by atomic mass is 14.7. The van der Waals surface area contributed by atoms with Gasteiger partial charge in [-0.3, -0.25) is 4.98 Å². The van der Waals surface area contributed by atoms with Gasteiger partial charge in [-0.1, -0.05) is 84.0 Å². The standard InChI is InChI=1S/C23H21N/c1-18-3-7-20(8-4-18)11-12-22-14-16-23(24-17-22)15-13-21-9-5-19(2)6-10-21/h3-17H,1-2H3/b12-11+,15-13+. The van der Waals surface area contributed by atoms with E-state index in [-0.39, 0.29) is 0 Å². The molecule has 1 heterocycles. The van der Waals surface area contributed by atoms with Crippen LogP contribution in [0.25, 0.3) is 24.3 Å². The lowest BCUT2D eigenvalue weighted by Crippen LogP contribution is -1.82. The normalized spacial score (nSPS) is 11.4. The van der Waals surface area contributed by atoms with Crippen molar-refractivity contribution in [3.63, 3.8) is 0 Å². The zero-order valence-electron chi connectivity index (χ0n) is 14.1. The number of aromatic nitrogens is 1. The van der Waals surface area contributed by atoms with Crippen LogP contribution in [-0.2, 0) is 0 Å². The van der Waals surface area contributed by atoms with E-state index in [0.717, 1.165) is 11.3 Å².